The lowest BCUT2D eigenvalue weighted by atomic mass is 10.3. The molecule has 0 aliphatic carbocycles. The maximum Gasteiger partial charge on any atom is 0.339 e. The predicted octanol–water partition coefficient (Wildman–Crippen LogP) is 1.91. The molecule has 14 heavy (non-hydrogen) atoms. The van der Waals surface area contributed by atoms with Gasteiger partial charge in [-0.15, -0.1) is 0 Å². The second kappa shape index (κ2) is 7.03. The van der Waals surface area contributed by atoms with E-state index in [1.165, 1.54) is 12.4 Å². The van der Waals surface area contributed by atoms with Gasteiger partial charge in [-0.25, -0.2) is 4.79 Å². The van der Waals surface area contributed by atoms with Crippen molar-refractivity contribution in [2.75, 3.05) is 6.61 Å². The third kappa shape index (κ3) is 5.27. The fraction of sp³-hybridized carbons (Fsp3) is 0.222. The Morgan fingerprint density at radius 2 is 2.36 bits per heavy atom. The molecular weight excluding hydrogens is 204 g/mol. The van der Waals surface area contributed by atoms with Crippen LogP contribution in [-0.4, -0.2) is 24.0 Å². The van der Waals surface area contributed by atoms with Crippen LogP contribution >= 0.6 is 11.6 Å². The molecule has 76 valence electrons. The molecule has 5 heteroatoms. The zero-order chi connectivity index (χ0) is 11.0. The molecule has 0 spiro atoms. The quantitative estimate of drug-likeness (QED) is 0.432. The lowest BCUT2D eigenvalue weighted by molar-refractivity contribution is -0.137. The largest absolute Gasteiger partial charge is 0.462 e. The summed E-state index contributed by atoms with van der Waals surface area (Å²) in [4.78, 5) is 14.9. The molecule has 0 aliphatic heterocycles. The smallest absolute Gasteiger partial charge is 0.339 e. The van der Waals surface area contributed by atoms with Gasteiger partial charge in [0.25, 0.3) is 0 Å². The Morgan fingerprint density at radius 3 is 2.79 bits per heavy atom. The molecule has 0 saturated carbocycles. The zero-order valence-electron chi connectivity index (χ0n) is 7.79. The molecule has 0 heterocycles. The standard InChI is InChI=1S/C9H11ClN2O2/c1-3-12-6-7(5-8(10)11)9(13)14-4-2/h3,5-6,11H,1,4H2,2H3/b7-5+,11-8?,12-6+. The summed E-state index contributed by atoms with van der Waals surface area (Å²) in [5, 5.41) is 6.72. The van der Waals surface area contributed by atoms with Crippen molar-refractivity contribution in [3.63, 3.8) is 0 Å². The normalized spacial score (nSPS) is 11.4. The maximum atomic E-state index is 11.2. The van der Waals surface area contributed by atoms with Crippen LogP contribution in [0.25, 0.3) is 0 Å². The Labute approximate surface area is 87.4 Å². The van der Waals surface area contributed by atoms with Crippen LogP contribution in [0.4, 0.5) is 0 Å². The average molecular weight is 215 g/mol. The summed E-state index contributed by atoms with van der Waals surface area (Å²) in [6.45, 7) is 5.30. The van der Waals surface area contributed by atoms with Gasteiger partial charge in [-0.05, 0) is 13.0 Å². The predicted molar refractivity (Wildman–Crippen MR) is 57.0 cm³/mol. The second-order valence-corrected chi connectivity index (χ2v) is 2.54. The first kappa shape index (κ1) is 12.6. The van der Waals surface area contributed by atoms with Crippen LogP contribution in [0.5, 0.6) is 0 Å². The van der Waals surface area contributed by atoms with Gasteiger partial charge in [-0.2, -0.15) is 0 Å². The van der Waals surface area contributed by atoms with E-state index in [1.807, 2.05) is 0 Å². The van der Waals surface area contributed by atoms with Gasteiger partial charge in [-0.3, -0.25) is 10.4 Å². The highest BCUT2D eigenvalue weighted by Gasteiger charge is 2.07. The summed E-state index contributed by atoms with van der Waals surface area (Å²) < 4.78 is 4.71. The molecule has 0 unspecified atom stereocenters. The van der Waals surface area contributed by atoms with Gasteiger partial charge in [-0.1, -0.05) is 18.2 Å². The molecule has 1 N–H and O–H groups in total. The number of hydrogen-bond donors (Lipinski definition) is 1. The number of nitrogens with zero attached hydrogens (tertiary/aromatic N) is 1. The van der Waals surface area contributed by atoms with Gasteiger partial charge < -0.3 is 4.74 Å². The zero-order valence-corrected chi connectivity index (χ0v) is 8.54. The van der Waals surface area contributed by atoms with E-state index in [4.69, 9.17) is 21.7 Å². The summed E-state index contributed by atoms with van der Waals surface area (Å²) >= 11 is 5.31. The number of rotatable bonds is 5. The van der Waals surface area contributed by atoms with Gasteiger partial charge in [0.2, 0.25) is 0 Å². The van der Waals surface area contributed by atoms with Gasteiger partial charge in [0, 0.05) is 12.4 Å². The Hall–Kier alpha value is -1.42. The van der Waals surface area contributed by atoms with E-state index in [1.54, 1.807) is 6.92 Å². The molecule has 0 aliphatic rings. The van der Waals surface area contributed by atoms with Crippen LogP contribution in [0, 0.1) is 5.41 Å². The third-order valence-electron chi connectivity index (χ3n) is 1.11. The van der Waals surface area contributed by atoms with Gasteiger partial charge >= 0.3 is 5.97 Å². The van der Waals surface area contributed by atoms with Crippen molar-refractivity contribution in [3.05, 3.63) is 24.4 Å². The van der Waals surface area contributed by atoms with E-state index in [9.17, 15) is 4.79 Å². The topological polar surface area (TPSA) is 62.5 Å². The first-order chi connectivity index (χ1) is 6.61. The van der Waals surface area contributed by atoms with Crippen molar-refractivity contribution in [2.24, 2.45) is 4.99 Å². The molecule has 0 amide bonds. The first-order valence-corrected chi connectivity index (χ1v) is 4.26. The van der Waals surface area contributed by atoms with Crippen LogP contribution in [0.2, 0.25) is 0 Å². The second-order valence-electron chi connectivity index (χ2n) is 2.13. The van der Waals surface area contributed by atoms with Crippen molar-refractivity contribution in [1.29, 1.82) is 5.41 Å². The maximum absolute atomic E-state index is 11.2. The Kier molecular flexibility index (Phi) is 6.32. The van der Waals surface area contributed by atoms with Crippen molar-refractivity contribution in [3.8, 4) is 0 Å². The molecule has 0 atom stereocenters. The highest BCUT2D eigenvalue weighted by Crippen LogP contribution is 1.98. The van der Waals surface area contributed by atoms with E-state index in [2.05, 4.69) is 11.6 Å². The molecule has 0 radical (unpaired) electrons. The SMILES string of the molecule is C=C/N=C/C(=C\C(=N)Cl)C(=O)OCC. The summed E-state index contributed by atoms with van der Waals surface area (Å²) in [5.74, 6) is -0.566. The summed E-state index contributed by atoms with van der Waals surface area (Å²) in [6, 6.07) is 0. The summed E-state index contributed by atoms with van der Waals surface area (Å²) in [5.41, 5.74) is 0.117. The average Bonchev–Trinajstić information content (AvgIpc) is 2.12. The molecule has 0 fully saturated rings. The Morgan fingerprint density at radius 1 is 1.71 bits per heavy atom. The number of halogens is 1. The number of esters is 1. The lowest BCUT2D eigenvalue weighted by Gasteiger charge is -2.00. The molecule has 0 saturated heterocycles. The molecule has 0 aromatic heterocycles. The number of carbonyl (C=O) groups excluding carboxylic acids is 1. The Balaban J connectivity index is 4.71. The minimum absolute atomic E-state index is 0.117. The fourth-order valence-electron chi connectivity index (χ4n) is 0.633. The summed E-state index contributed by atoms with van der Waals surface area (Å²) in [7, 11) is 0. The number of allylic oxidation sites excluding steroid dienone is 1. The van der Waals surface area contributed by atoms with Crippen LogP contribution in [0.15, 0.2) is 29.4 Å². The van der Waals surface area contributed by atoms with Crippen molar-refractivity contribution < 1.29 is 9.53 Å². The van der Waals surface area contributed by atoms with Crippen LogP contribution in [0.3, 0.4) is 0 Å². The van der Waals surface area contributed by atoms with E-state index < -0.39 is 5.97 Å². The van der Waals surface area contributed by atoms with Gasteiger partial charge in [0.05, 0.1) is 12.2 Å². The van der Waals surface area contributed by atoms with Crippen molar-refractivity contribution in [1.82, 2.24) is 0 Å². The molecule has 0 aromatic carbocycles. The third-order valence-corrected chi connectivity index (χ3v) is 1.22. The number of nitrogens with one attached hydrogen (secondary N) is 1. The van der Waals surface area contributed by atoms with Crippen molar-refractivity contribution in [2.45, 2.75) is 6.92 Å². The molecule has 0 bridgehead atoms. The van der Waals surface area contributed by atoms with E-state index in [0.717, 1.165) is 6.08 Å². The van der Waals surface area contributed by atoms with E-state index >= 15 is 0 Å². The summed E-state index contributed by atoms with van der Waals surface area (Å²) in [6.07, 6.45) is 3.67. The minimum atomic E-state index is -0.566. The van der Waals surface area contributed by atoms with E-state index in [-0.39, 0.29) is 17.4 Å². The first-order valence-electron chi connectivity index (χ1n) is 3.88. The van der Waals surface area contributed by atoms with Gasteiger partial charge in [0.1, 0.15) is 5.17 Å². The lowest BCUT2D eigenvalue weighted by Crippen LogP contribution is -2.09. The van der Waals surface area contributed by atoms with Gasteiger partial charge in [0.15, 0.2) is 0 Å². The number of ether oxygens (including phenoxy) is 1. The Bertz CT molecular complexity index is 295. The van der Waals surface area contributed by atoms with Crippen LogP contribution in [-0.2, 0) is 9.53 Å². The molecule has 4 nitrogen and oxygen atoms in total. The minimum Gasteiger partial charge on any atom is -0.462 e. The molecular formula is C9H11ClN2O2. The fourth-order valence-corrected chi connectivity index (χ4v) is 0.750. The van der Waals surface area contributed by atoms with E-state index in [0.29, 0.717) is 0 Å². The van der Waals surface area contributed by atoms with Crippen LogP contribution < -0.4 is 0 Å². The number of hydrogen-bond acceptors (Lipinski definition) is 4. The number of aliphatic imine (C=N–C) groups is 1. The van der Waals surface area contributed by atoms with Crippen LogP contribution in [0.1, 0.15) is 6.92 Å². The molecule has 0 aromatic rings. The monoisotopic (exact) mass is 214 g/mol. The molecule has 0 rings (SSSR count). The highest BCUT2D eigenvalue weighted by molar-refractivity contribution is 6.68. The number of carbonyl (C=O) groups is 1. The van der Waals surface area contributed by atoms with Crippen molar-refractivity contribution >= 4 is 29.0 Å². The highest BCUT2D eigenvalue weighted by atomic mass is 35.5.